The number of methoxy groups -OCH3 is 5. The number of allylic oxidation sites excluding steroid dienone is 2. The summed E-state index contributed by atoms with van der Waals surface area (Å²) in [6, 6.07) is 0. The highest BCUT2D eigenvalue weighted by molar-refractivity contribution is 5.19. The van der Waals surface area contributed by atoms with Gasteiger partial charge in [0.15, 0.2) is 6.29 Å². The Balaban J connectivity index is 2.02. The third kappa shape index (κ3) is 6.64. The lowest BCUT2D eigenvalue weighted by Gasteiger charge is -2.44. The summed E-state index contributed by atoms with van der Waals surface area (Å²) in [6.07, 6.45) is 4.20. The molecule has 0 spiro atoms. The maximum Gasteiger partial charge on any atom is 0.186 e. The number of rotatable bonds is 13. The van der Waals surface area contributed by atoms with E-state index in [1.807, 2.05) is 32.1 Å². The van der Waals surface area contributed by atoms with Crippen molar-refractivity contribution >= 4 is 0 Å². The number of aliphatic hydroxyl groups is 1. The predicted molar refractivity (Wildman–Crippen MR) is 125 cm³/mol. The molecule has 8 heteroatoms. The maximum absolute atomic E-state index is 10.8. The first-order valence-corrected chi connectivity index (χ1v) is 11.8. The molecule has 11 atom stereocenters. The molecule has 2 rings (SSSR count). The maximum atomic E-state index is 10.8. The molecule has 1 N–H and O–H groups in total. The van der Waals surface area contributed by atoms with Crippen molar-refractivity contribution in [3.8, 4) is 0 Å². The van der Waals surface area contributed by atoms with Gasteiger partial charge in [-0.15, -0.1) is 0 Å². The van der Waals surface area contributed by atoms with Gasteiger partial charge in [0.2, 0.25) is 0 Å². The Labute approximate surface area is 199 Å². The number of aliphatic hydroxyl groups excluding tert-OH is 1. The minimum absolute atomic E-state index is 0.0295. The molecule has 33 heavy (non-hydrogen) atoms. The number of ether oxygens (including phenoxy) is 7. The fraction of sp³-hybridized carbons (Fsp3) is 0.840. The van der Waals surface area contributed by atoms with Crippen LogP contribution >= 0.6 is 0 Å². The smallest absolute Gasteiger partial charge is 0.186 e. The van der Waals surface area contributed by atoms with E-state index in [4.69, 9.17) is 33.2 Å². The van der Waals surface area contributed by atoms with Crippen LogP contribution in [0.2, 0.25) is 0 Å². The summed E-state index contributed by atoms with van der Waals surface area (Å²) >= 11 is 0. The van der Waals surface area contributed by atoms with Crippen molar-refractivity contribution in [1.29, 1.82) is 0 Å². The summed E-state index contributed by atoms with van der Waals surface area (Å²) in [5.74, 6) is 0.173. The van der Waals surface area contributed by atoms with E-state index in [0.29, 0.717) is 0 Å². The Hall–Kier alpha value is -0.840. The normalized spacial score (nSPS) is 36.5. The van der Waals surface area contributed by atoms with Crippen molar-refractivity contribution in [3.05, 3.63) is 23.8 Å². The van der Waals surface area contributed by atoms with Crippen molar-refractivity contribution in [2.24, 2.45) is 11.8 Å². The summed E-state index contributed by atoms with van der Waals surface area (Å²) in [4.78, 5) is 0. The summed E-state index contributed by atoms with van der Waals surface area (Å²) in [7, 11) is 8.17. The van der Waals surface area contributed by atoms with Gasteiger partial charge in [-0.25, -0.2) is 0 Å². The lowest BCUT2D eigenvalue weighted by atomic mass is 9.91. The minimum atomic E-state index is -0.576. The van der Waals surface area contributed by atoms with Gasteiger partial charge in [0.1, 0.15) is 30.5 Å². The zero-order chi connectivity index (χ0) is 24.7. The highest BCUT2D eigenvalue weighted by atomic mass is 16.7. The van der Waals surface area contributed by atoms with E-state index in [1.165, 1.54) is 0 Å². The molecule has 0 amide bonds. The molecule has 0 radical (unpaired) electrons. The van der Waals surface area contributed by atoms with E-state index in [9.17, 15) is 5.11 Å². The standard InChI is InChI=1S/C25H44O8/c1-10-17(27-5)16(4)20-21(32-20)18(26)14(2)12-11-13-15(3)19-22(28-6)23(29-7)24(30-8)25(31-9)33-19/h11-14,16-26H,10H2,1-9H3/b12-11+,15-13+/t14-,16-,17+,18-,19-,20+,21+,22-,23+,24-,25+/m1/s1. The van der Waals surface area contributed by atoms with E-state index in [-0.39, 0.29) is 48.5 Å². The van der Waals surface area contributed by atoms with Gasteiger partial charge < -0.3 is 38.3 Å². The highest BCUT2D eigenvalue weighted by Gasteiger charge is 2.50. The van der Waals surface area contributed by atoms with Crippen molar-refractivity contribution in [1.82, 2.24) is 0 Å². The summed E-state index contributed by atoms with van der Waals surface area (Å²) in [5, 5.41) is 10.8. The Kier molecular flexibility index (Phi) is 11.4. The molecule has 0 aromatic rings. The summed E-state index contributed by atoms with van der Waals surface area (Å²) < 4.78 is 39.9. The molecule has 0 aliphatic carbocycles. The molecule has 2 aliphatic rings. The first-order valence-electron chi connectivity index (χ1n) is 11.8. The van der Waals surface area contributed by atoms with E-state index in [0.717, 1.165) is 12.0 Å². The molecular formula is C25H44O8. The zero-order valence-electron chi connectivity index (χ0n) is 21.6. The fourth-order valence-electron chi connectivity index (χ4n) is 4.83. The molecule has 0 bridgehead atoms. The third-order valence-electron chi connectivity index (χ3n) is 7.01. The van der Waals surface area contributed by atoms with Crippen LogP contribution in [0, 0.1) is 11.8 Å². The van der Waals surface area contributed by atoms with Crippen LogP contribution in [0.4, 0.5) is 0 Å². The second kappa shape index (κ2) is 13.3. The van der Waals surface area contributed by atoms with Gasteiger partial charge in [0, 0.05) is 47.4 Å². The van der Waals surface area contributed by atoms with E-state index in [2.05, 4.69) is 13.8 Å². The van der Waals surface area contributed by atoms with Crippen LogP contribution in [0.25, 0.3) is 0 Å². The molecule has 2 fully saturated rings. The number of epoxide rings is 1. The van der Waals surface area contributed by atoms with Gasteiger partial charge in [-0.1, -0.05) is 39.0 Å². The van der Waals surface area contributed by atoms with Gasteiger partial charge >= 0.3 is 0 Å². The van der Waals surface area contributed by atoms with Crippen LogP contribution in [0.3, 0.4) is 0 Å². The Bertz CT molecular complexity index is 634. The van der Waals surface area contributed by atoms with Gasteiger partial charge in [-0.05, 0) is 18.9 Å². The average Bonchev–Trinajstić information content (AvgIpc) is 3.63. The molecule has 2 saturated heterocycles. The second-order valence-electron chi connectivity index (χ2n) is 9.01. The Morgan fingerprint density at radius 3 is 2.06 bits per heavy atom. The first kappa shape index (κ1) is 28.4. The Morgan fingerprint density at radius 2 is 1.55 bits per heavy atom. The molecule has 2 heterocycles. The molecule has 2 aliphatic heterocycles. The molecule has 0 unspecified atom stereocenters. The topological polar surface area (TPSA) is 88.1 Å². The van der Waals surface area contributed by atoms with E-state index >= 15 is 0 Å². The second-order valence-corrected chi connectivity index (χ2v) is 9.01. The highest BCUT2D eigenvalue weighted by Crippen LogP contribution is 2.37. The number of hydrogen-bond donors (Lipinski definition) is 1. The lowest BCUT2D eigenvalue weighted by molar-refractivity contribution is -0.295. The van der Waals surface area contributed by atoms with Gasteiger partial charge in [-0.2, -0.15) is 0 Å². The van der Waals surface area contributed by atoms with Crippen molar-refractivity contribution in [2.45, 2.75) is 89.2 Å². The van der Waals surface area contributed by atoms with Crippen molar-refractivity contribution in [2.75, 3.05) is 35.5 Å². The quantitative estimate of drug-likeness (QED) is 0.323. The zero-order valence-corrected chi connectivity index (χ0v) is 21.6. The third-order valence-corrected chi connectivity index (χ3v) is 7.01. The van der Waals surface area contributed by atoms with Gasteiger partial charge in [0.05, 0.1) is 18.3 Å². The molecule has 0 aromatic heterocycles. The van der Waals surface area contributed by atoms with Crippen LogP contribution in [0.15, 0.2) is 23.8 Å². The first-order chi connectivity index (χ1) is 15.8. The largest absolute Gasteiger partial charge is 0.390 e. The molecular weight excluding hydrogens is 428 g/mol. The molecule has 192 valence electrons. The molecule has 8 nitrogen and oxygen atoms in total. The van der Waals surface area contributed by atoms with Gasteiger partial charge in [-0.3, -0.25) is 0 Å². The Morgan fingerprint density at radius 1 is 0.909 bits per heavy atom. The van der Waals surface area contributed by atoms with Crippen LogP contribution < -0.4 is 0 Å². The fourth-order valence-corrected chi connectivity index (χ4v) is 4.83. The lowest BCUT2D eigenvalue weighted by Crippen LogP contribution is -2.60. The van der Waals surface area contributed by atoms with Crippen LogP contribution in [-0.2, 0) is 33.2 Å². The number of hydrogen-bond acceptors (Lipinski definition) is 8. The monoisotopic (exact) mass is 472 g/mol. The van der Waals surface area contributed by atoms with Crippen molar-refractivity contribution in [3.63, 3.8) is 0 Å². The minimum Gasteiger partial charge on any atom is -0.390 e. The summed E-state index contributed by atoms with van der Waals surface area (Å²) in [5.41, 5.74) is 0.957. The predicted octanol–water partition coefficient (Wildman–Crippen LogP) is 2.73. The average molecular weight is 473 g/mol. The van der Waals surface area contributed by atoms with Crippen molar-refractivity contribution < 1.29 is 38.3 Å². The van der Waals surface area contributed by atoms with Crippen LogP contribution in [0.5, 0.6) is 0 Å². The van der Waals surface area contributed by atoms with E-state index < -0.39 is 18.5 Å². The van der Waals surface area contributed by atoms with Crippen LogP contribution in [0.1, 0.15) is 34.1 Å². The van der Waals surface area contributed by atoms with E-state index in [1.54, 1.807) is 35.5 Å². The SMILES string of the molecule is CC[C@H](OC)[C@@H](C)[C@@H]1O[C@H]1[C@H](O)[C@H](C)/C=C/C=C(\C)[C@H]1O[C@H](OC)[C@H](OC)[C@@H](OC)[C@@H]1OC. The summed E-state index contributed by atoms with van der Waals surface area (Å²) in [6.45, 7) is 8.18. The molecule has 0 aromatic carbocycles. The molecule has 0 saturated carbocycles. The van der Waals surface area contributed by atoms with Gasteiger partial charge in [0.25, 0.3) is 0 Å². The van der Waals surface area contributed by atoms with Crippen LogP contribution in [-0.4, -0.2) is 95.8 Å².